The minimum absolute atomic E-state index is 0.189. The summed E-state index contributed by atoms with van der Waals surface area (Å²) in [6, 6.07) is 12.1. The number of H-pyrrole nitrogens is 1. The van der Waals surface area contributed by atoms with Crippen LogP contribution in [0, 0.1) is 0 Å². The number of tetrazole rings is 1. The Bertz CT molecular complexity index is 1500. The van der Waals surface area contributed by atoms with E-state index in [2.05, 4.69) is 25.9 Å². The molecule has 4 rings (SSSR count). The lowest BCUT2D eigenvalue weighted by atomic mass is 9.97. The van der Waals surface area contributed by atoms with E-state index in [-0.39, 0.29) is 18.8 Å². The highest BCUT2D eigenvalue weighted by molar-refractivity contribution is 6.31. The van der Waals surface area contributed by atoms with Crippen LogP contribution in [0.1, 0.15) is 29.7 Å². The van der Waals surface area contributed by atoms with Crippen LogP contribution in [0.25, 0.3) is 22.5 Å². The van der Waals surface area contributed by atoms with Crippen molar-refractivity contribution in [3.8, 4) is 28.3 Å². The number of nitrogens with zero attached hydrogens (tertiary/aromatic N) is 4. The van der Waals surface area contributed by atoms with Gasteiger partial charge in [0.05, 0.1) is 13.3 Å². The number of hydrogen-bond acceptors (Lipinski definition) is 8. The van der Waals surface area contributed by atoms with E-state index in [1.807, 2.05) is 0 Å². The molecule has 2 heterocycles. The lowest BCUT2D eigenvalue weighted by Crippen LogP contribution is -2.34. The highest BCUT2D eigenvalue weighted by Crippen LogP contribution is 2.34. The minimum Gasteiger partial charge on any atom is -0.495 e. The maximum absolute atomic E-state index is 13.4. The van der Waals surface area contributed by atoms with Crippen LogP contribution in [0.15, 0.2) is 59.5 Å². The van der Waals surface area contributed by atoms with E-state index in [9.17, 15) is 14.4 Å². The third kappa shape index (κ3) is 5.79. The van der Waals surface area contributed by atoms with E-state index in [0.717, 1.165) is 5.56 Å². The topological polar surface area (TPSA) is 141 Å². The molecule has 2 N–H and O–H groups in total. The van der Waals surface area contributed by atoms with E-state index in [1.165, 1.54) is 38.0 Å². The zero-order valence-corrected chi connectivity index (χ0v) is 21.7. The third-order valence-corrected chi connectivity index (χ3v) is 6.14. The normalized spacial score (nSPS) is 11.7. The summed E-state index contributed by atoms with van der Waals surface area (Å²) in [6.07, 6.45) is 1.68. The molecule has 1 atom stereocenters. The highest BCUT2D eigenvalue weighted by atomic mass is 35.5. The van der Waals surface area contributed by atoms with E-state index in [1.54, 1.807) is 42.5 Å². The second kappa shape index (κ2) is 11.8. The van der Waals surface area contributed by atoms with Crippen molar-refractivity contribution in [3.05, 3.63) is 75.7 Å². The van der Waals surface area contributed by atoms with Gasteiger partial charge in [0.25, 0.3) is 5.56 Å². The number of nitrogens with one attached hydrogen (secondary N) is 2. The molecular weight excluding hydrogens is 512 g/mol. The minimum atomic E-state index is -0.908. The molecule has 0 radical (unpaired) electrons. The molecule has 11 nitrogen and oxygen atoms in total. The second-order valence-corrected chi connectivity index (χ2v) is 8.78. The molecule has 0 aliphatic heterocycles. The van der Waals surface area contributed by atoms with Crippen molar-refractivity contribution in [2.75, 3.05) is 26.1 Å². The molecule has 0 bridgehead atoms. The van der Waals surface area contributed by atoms with Gasteiger partial charge in [-0.2, -0.15) is 5.21 Å². The van der Waals surface area contributed by atoms with Crippen LogP contribution in [0.5, 0.6) is 5.75 Å². The van der Waals surface area contributed by atoms with E-state index >= 15 is 0 Å². The summed E-state index contributed by atoms with van der Waals surface area (Å²) in [4.78, 5) is 38.9. The summed E-state index contributed by atoms with van der Waals surface area (Å²) in [6.45, 7) is 1.66. The van der Waals surface area contributed by atoms with Gasteiger partial charge >= 0.3 is 0 Å². The van der Waals surface area contributed by atoms with Crippen molar-refractivity contribution >= 4 is 29.0 Å². The fourth-order valence-corrected chi connectivity index (χ4v) is 4.20. The molecule has 1 amide bonds. The number of ether oxygens (including phenoxy) is 2. The van der Waals surface area contributed by atoms with Gasteiger partial charge in [-0.1, -0.05) is 11.6 Å². The van der Waals surface area contributed by atoms with Crippen LogP contribution in [0.3, 0.4) is 0 Å². The van der Waals surface area contributed by atoms with Crippen molar-refractivity contribution in [1.29, 1.82) is 0 Å². The number of halogens is 1. The van der Waals surface area contributed by atoms with Crippen molar-refractivity contribution in [1.82, 2.24) is 25.2 Å². The van der Waals surface area contributed by atoms with Crippen LogP contribution in [-0.2, 0) is 9.53 Å². The van der Waals surface area contributed by atoms with Gasteiger partial charge in [-0.15, -0.1) is 10.2 Å². The lowest BCUT2D eigenvalue weighted by Gasteiger charge is -2.21. The first-order valence-corrected chi connectivity index (χ1v) is 11.9. The molecule has 1 unspecified atom stereocenters. The third-order valence-electron chi connectivity index (χ3n) is 5.90. The number of anilines is 1. The van der Waals surface area contributed by atoms with E-state index in [0.29, 0.717) is 39.0 Å². The Balaban J connectivity index is 1.69. The van der Waals surface area contributed by atoms with Crippen molar-refractivity contribution in [3.63, 3.8) is 0 Å². The van der Waals surface area contributed by atoms with Gasteiger partial charge in [-0.25, -0.2) is 0 Å². The summed E-state index contributed by atoms with van der Waals surface area (Å²) in [5, 5.41) is 17.0. The number of amides is 1. The molecule has 2 aromatic carbocycles. The number of aromatic nitrogens is 5. The maximum atomic E-state index is 13.4. The number of pyridine rings is 1. The van der Waals surface area contributed by atoms with Gasteiger partial charge in [0.1, 0.15) is 11.8 Å². The zero-order chi connectivity index (χ0) is 27.2. The maximum Gasteiger partial charge on any atom is 0.252 e. The van der Waals surface area contributed by atoms with Crippen LogP contribution < -0.4 is 15.6 Å². The van der Waals surface area contributed by atoms with E-state index in [4.69, 9.17) is 21.1 Å². The lowest BCUT2D eigenvalue weighted by molar-refractivity contribution is -0.119. The fourth-order valence-electron chi connectivity index (χ4n) is 4.03. The van der Waals surface area contributed by atoms with Gasteiger partial charge in [0.15, 0.2) is 5.78 Å². The fraction of sp³-hybridized carbons (Fsp3) is 0.231. The van der Waals surface area contributed by atoms with E-state index < -0.39 is 17.5 Å². The highest BCUT2D eigenvalue weighted by Gasteiger charge is 2.24. The van der Waals surface area contributed by atoms with Crippen molar-refractivity contribution in [2.45, 2.75) is 19.4 Å². The summed E-state index contributed by atoms with van der Waals surface area (Å²) >= 11 is 6.19. The Morgan fingerprint density at radius 2 is 1.87 bits per heavy atom. The number of carbonyl (C=O) groups excluding carboxylic acids is 2. The molecule has 0 aliphatic carbocycles. The first-order valence-electron chi connectivity index (χ1n) is 11.6. The predicted molar refractivity (Wildman–Crippen MR) is 141 cm³/mol. The zero-order valence-electron chi connectivity index (χ0n) is 20.9. The summed E-state index contributed by atoms with van der Waals surface area (Å²) in [7, 11) is 2.96. The Morgan fingerprint density at radius 1 is 1.11 bits per heavy atom. The van der Waals surface area contributed by atoms with Crippen molar-refractivity contribution in [2.24, 2.45) is 0 Å². The standard InChI is InChI=1S/C26H25ClN6O5/c1-15(34)19-9-6-17(27)12-20(19)21-13-24(35)33(14-23(21)38-3)22(10-11-37-2)26(36)28-18-7-4-16(5-8-18)25-29-31-32-30-25/h4-9,12-14,22H,10-11H2,1-3H3,(H,28,36)(H,29,30,31,32). The van der Waals surface area contributed by atoms with Crippen LogP contribution in [-0.4, -0.2) is 57.7 Å². The molecule has 196 valence electrons. The number of hydrogen-bond donors (Lipinski definition) is 2. The first kappa shape index (κ1) is 26.7. The van der Waals surface area contributed by atoms with Gasteiger partial charge in [0, 0.05) is 53.6 Å². The molecule has 0 fully saturated rings. The molecule has 0 aliphatic rings. The molecule has 0 saturated carbocycles. The predicted octanol–water partition coefficient (Wildman–Crippen LogP) is 3.78. The quantitative estimate of drug-likeness (QED) is 0.292. The Morgan fingerprint density at radius 3 is 2.50 bits per heavy atom. The summed E-state index contributed by atoms with van der Waals surface area (Å²) in [5.74, 6) is 0.116. The molecular formula is C26H25ClN6O5. The summed E-state index contributed by atoms with van der Waals surface area (Å²) in [5.41, 5.74) is 2.03. The number of methoxy groups -OCH3 is 2. The van der Waals surface area contributed by atoms with Gasteiger partial charge < -0.3 is 14.8 Å². The average Bonchev–Trinajstić information content (AvgIpc) is 3.45. The largest absolute Gasteiger partial charge is 0.495 e. The average molecular weight is 537 g/mol. The van der Waals surface area contributed by atoms with Crippen LogP contribution in [0.4, 0.5) is 5.69 Å². The number of Topliss-reactive ketones (excluding diaryl/α,β-unsaturated/α-hetero) is 1. The van der Waals surface area contributed by atoms with Crippen LogP contribution >= 0.6 is 11.6 Å². The first-order chi connectivity index (χ1) is 18.3. The molecule has 2 aromatic heterocycles. The van der Waals surface area contributed by atoms with Crippen molar-refractivity contribution < 1.29 is 19.1 Å². The SMILES string of the molecule is COCCC(C(=O)Nc1ccc(-c2nn[nH]n2)cc1)n1cc(OC)c(-c2cc(Cl)ccc2C(C)=O)cc1=O. The van der Waals surface area contributed by atoms with Crippen LogP contribution in [0.2, 0.25) is 5.02 Å². The van der Waals surface area contributed by atoms with Gasteiger partial charge in [-0.05, 0) is 60.2 Å². The van der Waals surface area contributed by atoms with Gasteiger partial charge in [-0.3, -0.25) is 19.0 Å². The second-order valence-electron chi connectivity index (χ2n) is 8.35. The Kier molecular flexibility index (Phi) is 8.29. The molecule has 38 heavy (non-hydrogen) atoms. The smallest absolute Gasteiger partial charge is 0.252 e. The molecule has 4 aromatic rings. The summed E-state index contributed by atoms with van der Waals surface area (Å²) < 4.78 is 12.1. The number of rotatable bonds is 10. The number of benzene rings is 2. The monoisotopic (exact) mass is 536 g/mol. The number of carbonyl (C=O) groups is 2. The Hall–Kier alpha value is -4.35. The molecule has 0 saturated heterocycles. The molecule has 0 spiro atoms. The Labute approximate surface area is 222 Å². The molecule has 12 heteroatoms. The number of aromatic amines is 1. The number of ketones is 1. The van der Waals surface area contributed by atoms with Gasteiger partial charge in [0.2, 0.25) is 11.7 Å².